The minimum Gasteiger partial charge on any atom is -0.335 e. The smallest absolute Gasteiger partial charge is 0.0976 e. The Bertz CT molecular complexity index is 279. The van der Waals surface area contributed by atoms with E-state index in [0.29, 0.717) is 11.1 Å². The van der Waals surface area contributed by atoms with E-state index in [9.17, 15) is 0 Å². The maximum Gasteiger partial charge on any atom is 0.0976 e. The molecule has 1 rings (SSSR count). The highest BCUT2D eigenvalue weighted by Crippen LogP contribution is 2.21. The second-order valence-electron chi connectivity index (χ2n) is 5.19. The Morgan fingerprint density at radius 2 is 2.20 bits per heavy atom. The van der Waals surface area contributed by atoms with Gasteiger partial charge in [0.1, 0.15) is 0 Å². The summed E-state index contributed by atoms with van der Waals surface area (Å²) in [4.78, 5) is 7.90. The van der Waals surface area contributed by atoms with Crippen molar-refractivity contribution >= 4 is 9.68 Å². The van der Waals surface area contributed by atoms with E-state index in [-0.39, 0.29) is 9.68 Å². The van der Waals surface area contributed by atoms with Crippen molar-refractivity contribution < 1.29 is 0 Å². The van der Waals surface area contributed by atoms with Crippen LogP contribution in [0.25, 0.3) is 0 Å². The fraction of sp³-hybridized carbons (Fsp3) is 0.583. The van der Waals surface area contributed by atoms with E-state index in [1.54, 1.807) is 0 Å². The minimum atomic E-state index is -0.230. The zero-order valence-electron chi connectivity index (χ0n) is 10.2. The summed E-state index contributed by atoms with van der Waals surface area (Å²) in [7, 11) is -0.230. The van der Waals surface area contributed by atoms with Crippen LogP contribution < -0.4 is 4.98 Å². The molecule has 0 saturated heterocycles. The lowest BCUT2D eigenvalue weighted by Gasteiger charge is -2.23. The largest absolute Gasteiger partial charge is 0.335 e. The lowest BCUT2D eigenvalue weighted by atomic mass is 10.1. The third-order valence-corrected chi connectivity index (χ3v) is 4.13. The quantitative estimate of drug-likeness (QED) is 0.792. The predicted molar refractivity (Wildman–Crippen MR) is 68.7 cm³/mol. The molecule has 2 nitrogen and oxygen atoms in total. The molecule has 15 heavy (non-hydrogen) atoms. The van der Waals surface area contributed by atoms with Crippen LogP contribution >= 0.6 is 0 Å². The first-order valence-electron chi connectivity index (χ1n) is 5.66. The molecule has 84 valence electrons. The maximum atomic E-state index is 4.17. The van der Waals surface area contributed by atoms with Crippen LogP contribution in [-0.4, -0.2) is 14.7 Å². The van der Waals surface area contributed by atoms with Gasteiger partial charge in [-0.15, -0.1) is 0 Å². The molecule has 1 heterocycles. The molecule has 0 spiro atoms. The van der Waals surface area contributed by atoms with Gasteiger partial charge in [-0.25, -0.2) is 0 Å². The van der Waals surface area contributed by atoms with Crippen LogP contribution in [0.5, 0.6) is 0 Å². The Morgan fingerprint density at radius 3 is 2.67 bits per heavy atom. The number of aromatic nitrogens is 1. The van der Waals surface area contributed by atoms with Crippen LogP contribution in [-0.2, 0) is 0 Å². The van der Waals surface area contributed by atoms with Crippen molar-refractivity contribution in [1.82, 2.24) is 9.97 Å². The number of nitrogens with one attached hydrogen (secondary N) is 1. The van der Waals surface area contributed by atoms with Crippen LogP contribution in [0, 0.1) is 0 Å². The van der Waals surface area contributed by atoms with Crippen molar-refractivity contribution in [2.24, 2.45) is 0 Å². The molecule has 0 saturated carbocycles. The van der Waals surface area contributed by atoms with Crippen LogP contribution in [0.2, 0.25) is 5.04 Å². The number of hydrogen-bond donors (Lipinski definition) is 1. The summed E-state index contributed by atoms with van der Waals surface area (Å²) < 4.78 is 0. The average molecular weight is 222 g/mol. The number of hydrogen-bond acceptors (Lipinski definition) is 2. The van der Waals surface area contributed by atoms with Crippen molar-refractivity contribution in [3.05, 3.63) is 30.1 Å². The molecular formula is C12H22N2Si. The summed E-state index contributed by atoms with van der Waals surface area (Å²) in [6, 6.07) is 4.66. The van der Waals surface area contributed by atoms with Gasteiger partial charge < -0.3 is 4.98 Å². The molecule has 0 aliphatic rings. The Hall–Kier alpha value is -0.673. The third-order valence-electron chi connectivity index (χ3n) is 2.37. The van der Waals surface area contributed by atoms with E-state index in [0.717, 1.165) is 6.42 Å². The van der Waals surface area contributed by atoms with E-state index in [4.69, 9.17) is 0 Å². The standard InChI is InChI=1S/C12H22N2Si/c1-5-11(14-15-12(2,3)4)10-7-6-8-13-9-10/h6-9,11,14H,5,15H2,1-4H3/t11-/m1/s1. The number of nitrogens with zero attached hydrogens (tertiary/aromatic N) is 1. The van der Waals surface area contributed by atoms with Gasteiger partial charge in [-0.05, 0) is 23.1 Å². The highest BCUT2D eigenvalue weighted by Gasteiger charge is 2.15. The van der Waals surface area contributed by atoms with E-state index >= 15 is 0 Å². The Balaban J connectivity index is 2.58. The maximum absolute atomic E-state index is 4.17. The van der Waals surface area contributed by atoms with Gasteiger partial charge in [-0.2, -0.15) is 0 Å². The summed E-state index contributed by atoms with van der Waals surface area (Å²) in [6.45, 7) is 9.15. The van der Waals surface area contributed by atoms with Crippen molar-refractivity contribution in [2.45, 2.75) is 45.2 Å². The Kier molecular flexibility index (Phi) is 4.48. The topological polar surface area (TPSA) is 24.9 Å². The number of rotatable bonds is 4. The molecule has 3 heteroatoms. The third kappa shape index (κ3) is 4.58. The molecule has 0 aromatic carbocycles. The van der Waals surface area contributed by atoms with Crippen molar-refractivity contribution in [3.63, 3.8) is 0 Å². The molecule has 0 aliphatic heterocycles. The second-order valence-corrected chi connectivity index (χ2v) is 8.07. The lowest BCUT2D eigenvalue weighted by molar-refractivity contribution is 0.612. The lowest BCUT2D eigenvalue weighted by Crippen LogP contribution is -2.30. The minimum absolute atomic E-state index is 0.230. The molecule has 0 fully saturated rings. The van der Waals surface area contributed by atoms with E-state index in [1.807, 2.05) is 18.5 Å². The van der Waals surface area contributed by atoms with Gasteiger partial charge in [0.15, 0.2) is 0 Å². The molecule has 0 aliphatic carbocycles. The van der Waals surface area contributed by atoms with Crippen molar-refractivity contribution in [2.75, 3.05) is 0 Å². The zero-order chi connectivity index (χ0) is 11.3. The van der Waals surface area contributed by atoms with Gasteiger partial charge in [-0.3, -0.25) is 4.98 Å². The van der Waals surface area contributed by atoms with Gasteiger partial charge in [0.2, 0.25) is 0 Å². The van der Waals surface area contributed by atoms with Crippen molar-refractivity contribution in [3.8, 4) is 0 Å². The molecule has 1 aromatic rings. The van der Waals surface area contributed by atoms with Crippen molar-refractivity contribution in [1.29, 1.82) is 0 Å². The van der Waals surface area contributed by atoms with Gasteiger partial charge in [0.25, 0.3) is 0 Å². The molecule has 0 bridgehead atoms. The molecule has 0 amide bonds. The Labute approximate surface area is 95.4 Å². The highest BCUT2D eigenvalue weighted by molar-refractivity contribution is 6.36. The monoisotopic (exact) mass is 222 g/mol. The summed E-state index contributed by atoms with van der Waals surface area (Å²) in [5, 5.41) is 0.468. The fourth-order valence-corrected chi connectivity index (χ4v) is 2.89. The first kappa shape index (κ1) is 12.4. The van der Waals surface area contributed by atoms with Gasteiger partial charge in [0, 0.05) is 18.4 Å². The van der Waals surface area contributed by atoms with Gasteiger partial charge >= 0.3 is 0 Å². The van der Waals surface area contributed by atoms with Crippen LogP contribution in [0.3, 0.4) is 0 Å². The van der Waals surface area contributed by atoms with Crippen LogP contribution in [0.1, 0.15) is 45.7 Å². The first-order chi connectivity index (χ1) is 7.03. The van der Waals surface area contributed by atoms with Crippen LogP contribution in [0.4, 0.5) is 0 Å². The van der Waals surface area contributed by atoms with Gasteiger partial charge in [0.05, 0.1) is 9.68 Å². The molecule has 1 N–H and O–H groups in total. The zero-order valence-corrected chi connectivity index (χ0v) is 11.7. The normalized spacial score (nSPS) is 14.7. The van der Waals surface area contributed by atoms with E-state index < -0.39 is 0 Å². The molecular weight excluding hydrogens is 200 g/mol. The van der Waals surface area contributed by atoms with Crippen LogP contribution in [0.15, 0.2) is 24.5 Å². The second kappa shape index (κ2) is 5.42. The highest BCUT2D eigenvalue weighted by atomic mass is 28.2. The predicted octanol–water partition coefficient (Wildman–Crippen LogP) is 2.42. The van der Waals surface area contributed by atoms with E-state index in [2.05, 4.69) is 43.7 Å². The summed E-state index contributed by atoms with van der Waals surface area (Å²) in [5.74, 6) is 0. The molecule has 0 unspecified atom stereocenters. The molecule has 0 radical (unpaired) electrons. The SMILES string of the molecule is CC[C@@H](N[SiH2]C(C)(C)C)c1cccnc1. The first-order valence-corrected chi connectivity index (χ1v) is 7.07. The molecule has 1 aromatic heterocycles. The van der Waals surface area contributed by atoms with E-state index in [1.165, 1.54) is 5.56 Å². The number of pyridine rings is 1. The summed E-state index contributed by atoms with van der Waals surface area (Å²) in [5.41, 5.74) is 1.32. The average Bonchev–Trinajstić information content (AvgIpc) is 2.19. The van der Waals surface area contributed by atoms with Gasteiger partial charge in [-0.1, -0.05) is 33.8 Å². The summed E-state index contributed by atoms with van der Waals surface area (Å²) >= 11 is 0. The Morgan fingerprint density at radius 1 is 1.47 bits per heavy atom. The molecule has 1 atom stereocenters. The summed E-state index contributed by atoms with van der Waals surface area (Å²) in [6.07, 6.45) is 4.93. The fourth-order valence-electron chi connectivity index (χ4n) is 1.51.